The van der Waals surface area contributed by atoms with E-state index in [4.69, 9.17) is 4.74 Å². The van der Waals surface area contributed by atoms with E-state index < -0.39 is 0 Å². The molecule has 0 aliphatic heterocycles. The van der Waals surface area contributed by atoms with Gasteiger partial charge in [0.1, 0.15) is 0 Å². The van der Waals surface area contributed by atoms with Crippen LogP contribution in [0.1, 0.15) is 90.4 Å². The third kappa shape index (κ3) is 15.4. The smallest absolute Gasteiger partial charge is 0.305 e. The van der Waals surface area contributed by atoms with Gasteiger partial charge in [-0.3, -0.25) is 4.79 Å². The standard InChI is InChI=1S/C17H33O2/c1-3-5-7-9-10-11-13-15-17(18)19-16-14-12-8-6-4-2/h2-16H2,1H3. The van der Waals surface area contributed by atoms with Crippen LogP contribution in [0.4, 0.5) is 0 Å². The molecule has 0 atom stereocenters. The first-order valence-corrected chi connectivity index (χ1v) is 8.26. The van der Waals surface area contributed by atoms with Gasteiger partial charge < -0.3 is 4.74 Å². The Morgan fingerprint density at radius 3 is 2.11 bits per heavy atom. The lowest BCUT2D eigenvalue weighted by molar-refractivity contribution is -0.143. The van der Waals surface area contributed by atoms with Crippen molar-refractivity contribution in [3.8, 4) is 0 Å². The molecule has 0 N–H and O–H groups in total. The molecule has 19 heavy (non-hydrogen) atoms. The van der Waals surface area contributed by atoms with Gasteiger partial charge in [0, 0.05) is 6.42 Å². The van der Waals surface area contributed by atoms with E-state index in [0.29, 0.717) is 13.0 Å². The van der Waals surface area contributed by atoms with Crippen molar-refractivity contribution in [3.05, 3.63) is 6.92 Å². The molecule has 2 nitrogen and oxygen atoms in total. The lowest BCUT2D eigenvalue weighted by atomic mass is 10.1. The molecule has 0 heterocycles. The van der Waals surface area contributed by atoms with Crippen LogP contribution < -0.4 is 0 Å². The van der Waals surface area contributed by atoms with Gasteiger partial charge in [-0.1, -0.05) is 78.1 Å². The number of carbonyl (C=O) groups is 1. The van der Waals surface area contributed by atoms with Crippen LogP contribution in [0.25, 0.3) is 0 Å². The van der Waals surface area contributed by atoms with Gasteiger partial charge >= 0.3 is 5.97 Å². The summed E-state index contributed by atoms with van der Waals surface area (Å²) in [4.78, 5) is 11.4. The molecule has 1 radical (unpaired) electrons. The molecule has 0 fully saturated rings. The maximum absolute atomic E-state index is 11.4. The van der Waals surface area contributed by atoms with Crippen LogP contribution in [0.3, 0.4) is 0 Å². The molecular formula is C17H33O2. The van der Waals surface area contributed by atoms with Crippen LogP contribution in [-0.4, -0.2) is 12.6 Å². The quantitative estimate of drug-likeness (QED) is 0.309. The topological polar surface area (TPSA) is 26.3 Å². The Kier molecular flexibility index (Phi) is 15.1. The number of ether oxygens (including phenoxy) is 1. The van der Waals surface area contributed by atoms with Crippen molar-refractivity contribution in [2.45, 2.75) is 90.4 Å². The second-order valence-electron chi connectivity index (χ2n) is 5.36. The molecule has 0 bridgehead atoms. The molecule has 0 aromatic heterocycles. The zero-order valence-electron chi connectivity index (χ0n) is 12.9. The van der Waals surface area contributed by atoms with E-state index in [1.807, 2.05) is 0 Å². The van der Waals surface area contributed by atoms with Crippen LogP contribution in [0, 0.1) is 6.92 Å². The van der Waals surface area contributed by atoms with Crippen molar-refractivity contribution in [3.63, 3.8) is 0 Å². The summed E-state index contributed by atoms with van der Waals surface area (Å²) in [6, 6.07) is 0. The van der Waals surface area contributed by atoms with Gasteiger partial charge in [0.05, 0.1) is 6.61 Å². The Hall–Kier alpha value is -0.530. The number of unbranched alkanes of at least 4 members (excludes halogenated alkanes) is 10. The number of hydrogen-bond donors (Lipinski definition) is 0. The highest BCUT2D eigenvalue weighted by atomic mass is 16.5. The minimum absolute atomic E-state index is 0.00860. The summed E-state index contributed by atoms with van der Waals surface area (Å²) in [7, 11) is 0. The second-order valence-corrected chi connectivity index (χ2v) is 5.36. The van der Waals surface area contributed by atoms with Crippen LogP contribution in [0.5, 0.6) is 0 Å². The summed E-state index contributed by atoms with van der Waals surface area (Å²) in [6.07, 6.45) is 14.9. The van der Waals surface area contributed by atoms with Gasteiger partial charge in [-0.05, 0) is 12.8 Å². The molecule has 0 aromatic rings. The molecule has 113 valence electrons. The zero-order chi connectivity index (χ0) is 14.2. The van der Waals surface area contributed by atoms with E-state index in [0.717, 1.165) is 25.7 Å². The molecule has 0 saturated heterocycles. The number of hydrogen-bond acceptors (Lipinski definition) is 2. The fourth-order valence-electron chi connectivity index (χ4n) is 2.12. The van der Waals surface area contributed by atoms with Crippen LogP contribution in [0.15, 0.2) is 0 Å². The minimum atomic E-state index is -0.00860. The van der Waals surface area contributed by atoms with Crippen molar-refractivity contribution in [2.24, 2.45) is 0 Å². The van der Waals surface area contributed by atoms with Gasteiger partial charge in [0.25, 0.3) is 0 Å². The SMILES string of the molecule is [CH2]CCCCCCOC(=O)CCCCCCCCC. The summed E-state index contributed by atoms with van der Waals surface area (Å²) in [5.41, 5.74) is 0. The lowest BCUT2D eigenvalue weighted by Gasteiger charge is -2.05. The average Bonchev–Trinajstić information content (AvgIpc) is 2.41. The largest absolute Gasteiger partial charge is 0.466 e. The van der Waals surface area contributed by atoms with Gasteiger partial charge in [-0.15, -0.1) is 0 Å². The molecule has 0 saturated carbocycles. The summed E-state index contributed by atoms with van der Waals surface area (Å²) in [6.45, 7) is 6.65. The van der Waals surface area contributed by atoms with Gasteiger partial charge in [-0.25, -0.2) is 0 Å². The van der Waals surface area contributed by atoms with Gasteiger partial charge in [0.15, 0.2) is 0 Å². The van der Waals surface area contributed by atoms with Crippen molar-refractivity contribution in [1.82, 2.24) is 0 Å². The Morgan fingerprint density at radius 2 is 1.42 bits per heavy atom. The first-order valence-electron chi connectivity index (χ1n) is 8.26. The monoisotopic (exact) mass is 269 g/mol. The molecule has 2 heteroatoms. The number of carbonyl (C=O) groups excluding carboxylic acids is 1. The van der Waals surface area contributed by atoms with Gasteiger partial charge in [-0.2, -0.15) is 0 Å². The minimum Gasteiger partial charge on any atom is -0.466 e. The summed E-state index contributed by atoms with van der Waals surface area (Å²) < 4.78 is 5.21. The van der Waals surface area contributed by atoms with E-state index in [1.54, 1.807) is 0 Å². The molecule has 0 rings (SSSR count). The van der Waals surface area contributed by atoms with E-state index in [-0.39, 0.29) is 5.97 Å². The highest BCUT2D eigenvalue weighted by Gasteiger charge is 2.02. The zero-order valence-corrected chi connectivity index (χ0v) is 12.9. The number of rotatable bonds is 14. The first-order chi connectivity index (χ1) is 9.31. The van der Waals surface area contributed by atoms with E-state index in [9.17, 15) is 4.79 Å². The summed E-state index contributed by atoms with van der Waals surface area (Å²) >= 11 is 0. The van der Waals surface area contributed by atoms with Crippen molar-refractivity contribution < 1.29 is 9.53 Å². The molecule has 0 amide bonds. The highest BCUT2D eigenvalue weighted by molar-refractivity contribution is 5.69. The van der Waals surface area contributed by atoms with Crippen molar-refractivity contribution in [1.29, 1.82) is 0 Å². The van der Waals surface area contributed by atoms with Gasteiger partial charge in [0.2, 0.25) is 0 Å². The molecular weight excluding hydrogens is 236 g/mol. The van der Waals surface area contributed by atoms with E-state index in [1.165, 1.54) is 51.4 Å². The maximum Gasteiger partial charge on any atom is 0.305 e. The van der Waals surface area contributed by atoms with Crippen molar-refractivity contribution >= 4 is 5.97 Å². The average molecular weight is 269 g/mol. The summed E-state index contributed by atoms with van der Waals surface area (Å²) in [5.74, 6) is -0.00860. The van der Waals surface area contributed by atoms with Crippen LogP contribution in [-0.2, 0) is 9.53 Å². The number of esters is 1. The third-order valence-electron chi connectivity index (χ3n) is 3.39. The molecule has 0 spiro atoms. The van der Waals surface area contributed by atoms with E-state index >= 15 is 0 Å². The Morgan fingerprint density at radius 1 is 0.842 bits per heavy atom. The fraction of sp³-hybridized carbons (Fsp3) is 0.882. The second kappa shape index (κ2) is 15.5. The Balaban J connectivity index is 3.13. The molecule has 0 aliphatic rings. The Labute approximate surface area is 120 Å². The van der Waals surface area contributed by atoms with Crippen LogP contribution in [0.2, 0.25) is 0 Å². The molecule has 0 aromatic carbocycles. The first kappa shape index (κ1) is 18.5. The predicted octanol–water partition coefficient (Wildman–Crippen LogP) is 5.45. The highest BCUT2D eigenvalue weighted by Crippen LogP contribution is 2.09. The third-order valence-corrected chi connectivity index (χ3v) is 3.39. The van der Waals surface area contributed by atoms with E-state index in [2.05, 4.69) is 13.8 Å². The molecule has 0 unspecified atom stereocenters. The maximum atomic E-state index is 11.4. The molecule has 0 aliphatic carbocycles. The fourth-order valence-corrected chi connectivity index (χ4v) is 2.12. The normalized spacial score (nSPS) is 10.6. The van der Waals surface area contributed by atoms with Crippen LogP contribution >= 0.6 is 0 Å². The lowest BCUT2D eigenvalue weighted by Crippen LogP contribution is -2.05. The van der Waals surface area contributed by atoms with Crippen molar-refractivity contribution in [2.75, 3.05) is 6.61 Å². The summed E-state index contributed by atoms with van der Waals surface area (Å²) in [5, 5.41) is 0. The Bertz CT molecular complexity index is 190. The predicted molar refractivity (Wildman–Crippen MR) is 82.0 cm³/mol.